The average molecular weight is 388 g/mol. The summed E-state index contributed by atoms with van der Waals surface area (Å²) in [5.41, 5.74) is 1.10. The Morgan fingerprint density at radius 2 is 1.81 bits per heavy atom. The van der Waals surface area contributed by atoms with Crippen molar-refractivity contribution in [2.24, 2.45) is 0 Å². The molecule has 0 saturated carbocycles. The van der Waals surface area contributed by atoms with Crippen molar-refractivity contribution in [1.82, 2.24) is 9.79 Å². The number of fused-ring (bicyclic) bond motifs is 1. The summed E-state index contributed by atoms with van der Waals surface area (Å²) in [5, 5.41) is 3.81. The van der Waals surface area contributed by atoms with E-state index in [4.69, 9.17) is 9.25 Å². The number of nitrogens with zero attached hydrogens (tertiary/aromatic N) is 1. The molecular weight excluding hydrogens is 368 g/mol. The summed E-state index contributed by atoms with van der Waals surface area (Å²) >= 11 is 0. The topological polar surface area (TPSA) is 88.8 Å². The molecule has 0 saturated heterocycles. The third kappa shape index (κ3) is 3.87. The van der Waals surface area contributed by atoms with Crippen LogP contribution in [-0.2, 0) is 14.9 Å². The number of benzene rings is 2. The molecule has 8 heteroatoms. The Kier molecular flexibility index (Phi) is 5.31. The van der Waals surface area contributed by atoms with Crippen LogP contribution in [0.2, 0.25) is 0 Å². The van der Waals surface area contributed by atoms with Crippen molar-refractivity contribution in [3.8, 4) is 0 Å². The lowest BCUT2D eigenvalue weighted by molar-refractivity contribution is -0.0258. The van der Waals surface area contributed by atoms with Gasteiger partial charge in [0.15, 0.2) is 0 Å². The van der Waals surface area contributed by atoms with E-state index < -0.39 is 10.0 Å². The molecule has 0 bridgehead atoms. The van der Waals surface area contributed by atoms with Gasteiger partial charge in [0, 0.05) is 18.0 Å². The number of hydroxylamine groups is 1. The summed E-state index contributed by atoms with van der Waals surface area (Å²) in [7, 11) is -1.19. The Labute approximate surface area is 157 Å². The number of rotatable bonds is 6. The van der Waals surface area contributed by atoms with Crippen molar-refractivity contribution in [3.05, 3.63) is 65.9 Å². The molecule has 1 amide bonds. The highest BCUT2D eigenvalue weighted by Crippen LogP contribution is 2.24. The van der Waals surface area contributed by atoms with Crippen LogP contribution in [0, 0.1) is 0 Å². The zero-order chi connectivity index (χ0) is 19.6. The first kappa shape index (κ1) is 19.1. The maximum Gasteiger partial charge on any atom is 0.264 e. The van der Waals surface area contributed by atoms with E-state index in [1.165, 1.54) is 38.4 Å². The first-order valence-electron chi connectivity index (χ1n) is 8.25. The van der Waals surface area contributed by atoms with Gasteiger partial charge in [0.05, 0.1) is 18.0 Å². The summed E-state index contributed by atoms with van der Waals surface area (Å²) < 4.78 is 30.9. The van der Waals surface area contributed by atoms with Crippen molar-refractivity contribution >= 4 is 26.9 Å². The Hall–Kier alpha value is -2.68. The first-order chi connectivity index (χ1) is 12.8. The molecule has 1 heterocycles. The minimum atomic E-state index is -3.75. The van der Waals surface area contributed by atoms with E-state index in [0.29, 0.717) is 11.3 Å². The van der Waals surface area contributed by atoms with Gasteiger partial charge in [-0.2, -0.15) is 0 Å². The molecule has 1 N–H and O–H groups in total. The summed E-state index contributed by atoms with van der Waals surface area (Å²) in [5.74, 6) is 0.317. The van der Waals surface area contributed by atoms with Crippen LogP contribution in [0.1, 0.15) is 29.1 Å². The fourth-order valence-electron chi connectivity index (χ4n) is 2.59. The number of carbonyl (C=O) groups is 1. The smallest absolute Gasteiger partial charge is 0.264 e. The van der Waals surface area contributed by atoms with E-state index in [-0.39, 0.29) is 16.8 Å². The SMILES string of the molecule is CON(C)S(=O)(=O)c1ccc(C(=O)N[C@@H](C)c2cc3ccccc3o2)cc1. The molecule has 2 aromatic carbocycles. The highest BCUT2D eigenvalue weighted by atomic mass is 32.2. The number of para-hydroxylation sites is 1. The van der Waals surface area contributed by atoms with Gasteiger partial charge in [0.2, 0.25) is 0 Å². The van der Waals surface area contributed by atoms with Gasteiger partial charge in [-0.05, 0) is 43.3 Å². The van der Waals surface area contributed by atoms with Crippen molar-refractivity contribution in [3.63, 3.8) is 0 Å². The Bertz CT molecular complexity index is 1020. The molecule has 7 nitrogen and oxygen atoms in total. The van der Waals surface area contributed by atoms with Crippen LogP contribution < -0.4 is 5.32 Å². The normalized spacial score (nSPS) is 13.0. The van der Waals surface area contributed by atoms with Crippen molar-refractivity contribution < 1.29 is 22.5 Å². The van der Waals surface area contributed by atoms with Crippen molar-refractivity contribution in [2.75, 3.05) is 14.2 Å². The van der Waals surface area contributed by atoms with E-state index >= 15 is 0 Å². The maximum absolute atomic E-state index is 12.5. The van der Waals surface area contributed by atoms with Crippen LogP contribution in [0.4, 0.5) is 0 Å². The summed E-state index contributed by atoms with van der Waals surface area (Å²) in [6.07, 6.45) is 0. The predicted octanol–water partition coefficient (Wildman–Crippen LogP) is 3.11. The van der Waals surface area contributed by atoms with Gasteiger partial charge in [0.1, 0.15) is 11.3 Å². The van der Waals surface area contributed by atoms with Crippen LogP contribution in [0.25, 0.3) is 11.0 Å². The molecule has 0 aliphatic heterocycles. The number of amides is 1. The van der Waals surface area contributed by atoms with E-state index in [1.807, 2.05) is 37.3 Å². The Morgan fingerprint density at radius 3 is 2.44 bits per heavy atom. The van der Waals surface area contributed by atoms with Crippen molar-refractivity contribution in [1.29, 1.82) is 0 Å². The van der Waals surface area contributed by atoms with Crippen LogP contribution >= 0.6 is 0 Å². The number of hydrogen-bond acceptors (Lipinski definition) is 5. The van der Waals surface area contributed by atoms with Crippen LogP contribution in [0.5, 0.6) is 0 Å². The van der Waals surface area contributed by atoms with Gasteiger partial charge in [-0.25, -0.2) is 8.42 Å². The van der Waals surface area contributed by atoms with E-state index in [1.54, 1.807) is 0 Å². The molecule has 0 aliphatic rings. The average Bonchev–Trinajstić information content (AvgIpc) is 3.11. The first-order valence-corrected chi connectivity index (χ1v) is 9.69. The molecule has 142 valence electrons. The van der Waals surface area contributed by atoms with E-state index in [2.05, 4.69) is 5.32 Å². The number of furan rings is 1. The maximum atomic E-state index is 12.5. The Balaban J connectivity index is 1.74. The molecule has 0 unspecified atom stereocenters. The fraction of sp³-hybridized carbons (Fsp3) is 0.211. The zero-order valence-corrected chi connectivity index (χ0v) is 16.0. The van der Waals surface area contributed by atoms with Gasteiger partial charge in [0.25, 0.3) is 15.9 Å². The zero-order valence-electron chi connectivity index (χ0n) is 15.2. The minimum Gasteiger partial charge on any atom is -0.459 e. The molecular formula is C19H20N2O5S. The van der Waals surface area contributed by atoms with E-state index in [9.17, 15) is 13.2 Å². The van der Waals surface area contributed by atoms with Crippen LogP contribution in [0.3, 0.4) is 0 Å². The highest BCUT2D eigenvalue weighted by molar-refractivity contribution is 7.89. The molecule has 0 aliphatic carbocycles. The summed E-state index contributed by atoms with van der Waals surface area (Å²) in [6.45, 7) is 1.82. The van der Waals surface area contributed by atoms with Gasteiger partial charge in [-0.3, -0.25) is 9.63 Å². The third-order valence-electron chi connectivity index (χ3n) is 4.23. The van der Waals surface area contributed by atoms with Crippen LogP contribution in [-0.4, -0.2) is 33.0 Å². The molecule has 0 radical (unpaired) electrons. The standard InChI is InChI=1S/C19H20N2O5S/c1-13(18-12-15-6-4-5-7-17(15)26-18)20-19(22)14-8-10-16(11-9-14)27(23,24)21(2)25-3/h4-13H,1-3H3,(H,20,22)/t13-/m0/s1. The minimum absolute atomic E-state index is 0.0359. The molecule has 0 fully saturated rings. The second kappa shape index (κ2) is 7.51. The second-order valence-corrected chi connectivity index (χ2v) is 7.94. The van der Waals surface area contributed by atoms with Gasteiger partial charge >= 0.3 is 0 Å². The van der Waals surface area contributed by atoms with Crippen LogP contribution in [0.15, 0.2) is 63.9 Å². The number of hydrogen-bond donors (Lipinski definition) is 1. The molecule has 27 heavy (non-hydrogen) atoms. The lowest BCUT2D eigenvalue weighted by Crippen LogP contribution is -2.27. The Morgan fingerprint density at radius 1 is 1.15 bits per heavy atom. The molecule has 1 aromatic heterocycles. The lowest BCUT2D eigenvalue weighted by Gasteiger charge is -2.15. The number of sulfonamides is 1. The van der Waals surface area contributed by atoms with Gasteiger partial charge in [-0.1, -0.05) is 22.7 Å². The van der Waals surface area contributed by atoms with Gasteiger partial charge in [-0.15, -0.1) is 0 Å². The summed E-state index contributed by atoms with van der Waals surface area (Å²) in [6, 6.07) is 14.8. The molecule has 1 atom stereocenters. The fourth-order valence-corrected chi connectivity index (χ4v) is 3.56. The lowest BCUT2D eigenvalue weighted by atomic mass is 10.1. The monoisotopic (exact) mass is 388 g/mol. The van der Waals surface area contributed by atoms with Gasteiger partial charge < -0.3 is 9.73 Å². The molecule has 0 spiro atoms. The van der Waals surface area contributed by atoms with E-state index in [0.717, 1.165) is 15.4 Å². The largest absolute Gasteiger partial charge is 0.459 e. The van der Waals surface area contributed by atoms with Crippen molar-refractivity contribution in [2.45, 2.75) is 17.9 Å². The number of carbonyl (C=O) groups excluding carboxylic acids is 1. The third-order valence-corrected chi connectivity index (χ3v) is 5.92. The predicted molar refractivity (Wildman–Crippen MR) is 100 cm³/mol. The highest BCUT2D eigenvalue weighted by Gasteiger charge is 2.21. The quantitative estimate of drug-likeness (QED) is 0.656. The molecule has 3 rings (SSSR count). The number of nitrogens with one attached hydrogen (secondary N) is 1. The summed E-state index contributed by atoms with van der Waals surface area (Å²) in [4.78, 5) is 17.2. The second-order valence-electron chi connectivity index (χ2n) is 6.00. The molecule has 3 aromatic rings.